The van der Waals surface area contributed by atoms with Crippen molar-refractivity contribution in [1.82, 2.24) is 4.90 Å². The highest BCUT2D eigenvalue weighted by Gasteiger charge is 2.47. The molecule has 4 atom stereocenters. The van der Waals surface area contributed by atoms with Gasteiger partial charge in [0.25, 0.3) is 0 Å². The first-order valence-corrected chi connectivity index (χ1v) is 9.12. The Balaban J connectivity index is 1.64. The lowest BCUT2D eigenvalue weighted by Crippen LogP contribution is -2.48. The summed E-state index contributed by atoms with van der Waals surface area (Å²) in [6.45, 7) is 12.3. The highest BCUT2D eigenvalue weighted by molar-refractivity contribution is 7.12. The van der Waals surface area contributed by atoms with Gasteiger partial charge in [0, 0.05) is 34.7 Å². The Hall–Kier alpha value is -0.870. The van der Waals surface area contributed by atoms with Crippen LogP contribution in [0.5, 0.6) is 0 Å². The van der Waals surface area contributed by atoms with Crippen LogP contribution in [0, 0.1) is 5.92 Å². The Labute approximate surface area is 137 Å². The number of amides is 1. The molecule has 2 aliphatic rings. The van der Waals surface area contributed by atoms with Gasteiger partial charge in [0.15, 0.2) is 0 Å². The normalized spacial score (nSPS) is 32.1. The molecule has 1 aromatic heterocycles. The summed E-state index contributed by atoms with van der Waals surface area (Å²) in [6.07, 6.45) is 1.32. The first-order valence-electron chi connectivity index (χ1n) is 8.30. The number of rotatable bonds is 2. The van der Waals surface area contributed by atoms with Crippen LogP contribution in [0.4, 0.5) is 0 Å². The van der Waals surface area contributed by atoms with E-state index in [4.69, 9.17) is 4.74 Å². The number of carbonyl (C=O) groups excluding carboxylic acids is 1. The van der Waals surface area contributed by atoms with Crippen molar-refractivity contribution >= 4 is 17.2 Å². The maximum absolute atomic E-state index is 12.7. The van der Waals surface area contributed by atoms with Crippen LogP contribution < -0.4 is 0 Å². The summed E-state index contributed by atoms with van der Waals surface area (Å²) in [6, 6.07) is 4.46. The third-order valence-electron chi connectivity index (χ3n) is 4.57. The topological polar surface area (TPSA) is 29.5 Å². The van der Waals surface area contributed by atoms with E-state index in [1.165, 1.54) is 9.75 Å². The molecule has 1 saturated carbocycles. The third-order valence-corrected chi connectivity index (χ3v) is 6.21. The van der Waals surface area contributed by atoms with Crippen molar-refractivity contribution in [2.45, 2.75) is 64.6 Å². The Morgan fingerprint density at radius 2 is 1.86 bits per heavy atom. The summed E-state index contributed by atoms with van der Waals surface area (Å²) in [7, 11) is 0. The van der Waals surface area contributed by atoms with Crippen LogP contribution >= 0.6 is 11.3 Å². The minimum atomic E-state index is 0.152. The van der Waals surface area contributed by atoms with E-state index in [0.717, 1.165) is 19.5 Å². The maximum atomic E-state index is 12.7. The van der Waals surface area contributed by atoms with Gasteiger partial charge in [-0.1, -0.05) is 20.8 Å². The number of morpholine rings is 1. The Morgan fingerprint density at radius 1 is 1.23 bits per heavy atom. The van der Waals surface area contributed by atoms with Crippen LogP contribution in [-0.4, -0.2) is 36.1 Å². The number of hydrogen-bond acceptors (Lipinski definition) is 3. The lowest BCUT2D eigenvalue weighted by molar-refractivity contribution is -0.144. The van der Waals surface area contributed by atoms with Crippen molar-refractivity contribution in [1.29, 1.82) is 0 Å². The molecule has 3 rings (SSSR count). The summed E-state index contributed by atoms with van der Waals surface area (Å²) >= 11 is 1.88. The van der Waals surface area contributed by atoms with Crippen LogP contribution in [0.1, 0.15) is 56.7 Å². The van der Waals surface area contributed by atoms with Crippen molar-refractivity contribution in [3.63, 3.8) is 0 Å². The van der Waals surface area contributed by atoms with E-state index in [2.05, 4.69) is 46.8 Å². The quantitative estimate of drug-likeness (QED) is 0.829. The van der Waals surface area contributed by atoms with E-state index in [0.29, 0.717) is 11.8 Å². The second kappa shape index (κ2) is 5.64. The molecule has 0 spiro atoms. The molecule has 0 aromatic carbocycles. The fourth-order valence-electron chi connectivity index (χ4n) is 3.33. The molecule has 122 valence electrons. The Bertz CT molecular complexity index is 550. The summed E-state index contributed by atoms with van der Waals surface area (Å²) in [5.74, 6) is 0.976. The largest absolute Gasteiger partial charge is 0.372 e. The number of nitrogens with zero attached hydrogens (tertiary/aromatic N) is 1. The molecule has 0 N–H and O–H groups in total. The molecule has 2 fully saturated rings. The minimum absolute atomic E-state index is 0.152. The van der Waals surface area contributed by atoms with Gasteiger partial charge in [-0.05, 0) is 37.8 Å². The minimum Gasteiger partial charge on any atom is -0.372 e. The predicted octanol–water partition coefficient (Wildman–Crippen LogP) is 3.78. The van der Waals surface area contributed by atoms with Gasteiger partial charge < -0.3 is 9.64 Å². The molecule has 0 bridgehead atoms. The van der Waals surface area contributed by atoms with E-state index in [1.807, 2.05) is 16.2 Å². The SMILES string of the molecule is C[C@@H]1CN(C(=O)C2CC2c2ccc(C(C)(C)C)s2)C[C@H](C)O1. The number of ether oxygens (including phenoxy) is 1. The van der Waals surface area contributed by atoms with Crippen molar-refractivity contribution in [3.8, 4) is 0 Å². The van der Waals surface area contributed by atoms with Crippen molar-refractivity contribution in [3.05, 3.63) is 21.9 Å². The van der Waals surface area contributed by atoms with Crippen molar-refractivity contribution in [2.75, 3.05) is 13.1 Å². The predicted molar refractivity (Wildman–Crippen MR) is 90.5 cm³/mol. The summed E-state index contributed by atoms with van der Waals surface area (Å²) < 4.78 is 5.73. The molecule has 1 aromatic rings. The van der Waals surface area contributed by atoms with Gasteiger partial charge in [0.05, 0.1) is 12.2 Å². The molecule has 4 heteroatoms. The fourth-order valence-corrected chi connectivity index (χ4v) is 4.57. The third kappa shape index (κ3) is 3.23. The zero-order chi connectivity index (χ0) is 16.1. The van der Waals surface area contributed by atoms with E-state index >= 15 is 0 Å². The van der Waals surface area contributed by atoms with Gasteiger partial charge in [-0.25, -0.2) is 0 Å². The van der Waals surface area contributed by atoms with E-state index in [1.54, 1.807) is 0 Å². The molecule has 3 nitrogen and oxygen atoms in total. The molecular weight excluding hydrogens is 294 g/mol. The lowest BCUT2D eigenvalue weighted by atomic mass is 9.95. The molecule has 22 heavy (non-hydrogen) atoms. The number of thiophene rings is 1. The van der Waals surface area contributed by atoms with Crippen molar-refractivity contribution in [2.24, 2.45) is 5.92 Å². The van der Waals surface area contributed by atoms with E-state index in [9.17, 15) is 4.79 Å². The monoisotopic (exact) mass is 321 g/mol. The smallest absolute Gasteiger partial charge is 0.226 e. The second-order valence-corrected chi connectivity index (χ2v) is 9.02. The maximum Gasteiger partial charge on any atom is 0.226 e. The molecule has 1 saturated heterocycles. The highest BCUT2D eigenvalue weighted by Crippen LogP contribution is 2.51. The van der Waals surface area contributed by atoms with Crippen LogP contribution in [0.3, 0.4) is 0 Å². The average molecular weight is 321 g/mol. The molecule has 1 aliphatic carbocycles. The van der Waals surface area contributed by atoms with Crippen LogP contribution in [-0.2, 0) is 14.9 Å². The van der Waals surface area contributed by atoms with Crippen LogP contribution in [0.2, 0.25) is 0 Å². The Kier molecular flexibility index (Phi) is 4.11. The van der Waals surface area contributed by atoms with E-state index < -0.39 is 0 Å². The van der Waals surface area contributed by atoms with Crippen molar-refractivity contribution < 1.29 is 9.53 Å². The first-order chi connectivity index (χ1) is 10.3. The summed E-state index contributed by atoms with van der Waals surface area (Å²) in [5, 5.41) is 0. The molecule has 1 aliphatic heterocycles. The average Bonchev–Trinajstić information content (AvgIpc) is 3.03. The van der Waals surface area contributed by atoms with Gasteiger partial charge in [-0.2, -0.15) is 0 Å². The Morgan fingerprint density at radius 3 is 2.41 bits per heavy atom. The second-order valence-electron chi connectivity index (χ2n) is 7.90. The molecule has 0 radical (unpaired) electrons. The van der Waals surface area contributed by atoms with Gasteiger partial charge in [0.1, 0.15) is 0 Å². The molecule has 1 amide bonds. The van der Waals surface area contributed by atoms with Crippen LogP contribution in [0.25, 0.3) is 0 Å². The number of hydrogen-bond donors (Lipinski definition) is 0. The first kappa shape index (κ1) is 16.0. The molecule has 2 unspecified atom stereocenters. The van der Waals surface area contributed by atoms with Gasteiger partial charge in [0.2, 0.25) is 5.91 Å². The highest BCUT2D eigenvalue weighted by atomic mass is 32.1. The fraction of sp³-hybridized carbons (Fsp3) is 0.722. The zero-order valence-corrected chi connectivity index (χ0v) is 15.1. The lowest BCUT2D eigenvalue weighted by Gasteiger charge is -2.35. The molecule has 2 heterocycles. The van der Waals surface area contributed by atoms with Gasteiger partial charge in [-0.3, -0.25) is 4.79 Å². The zero-order valence-electron chi connectivity index (χ0n) is 14.3. The van der Waals surface area contributed by atoms with Crippen LogP contribution in [0.15, 0.2) is 12.1 Å². The summed E-state index contributed by atoms with van der Waals surface area (Å²) in [4.78, 5) is 17.5. The standard InChI is InChI=1S/C18H27NO2S/c1-11-9-19(10-12(2)21-11)17(20)14-8-13(14)15-6-7-16(22-15)18(3,4)5/h6-7,11-14H,8-10H2,1-5H3/t11-,12+,13?,14?. The molecular formula is C18H27NO2S. The van der Waals surface area contributed by atoms with Gasteiger partial charge >= 0.3 is 0 Å². The van der Waals surface area contributed by atoms with Gasteiger partial charge in [-0.15, -0.1) is 11.3 Å². The van der Waals surface area contributed by atoms with E-state index in [-0.39, 0.29) is 23.5 Å². The number of carbonyl (C=O) groups is 1. The summed E-state index contributed by atoms with van der Waals surface area (Å²) in [5.41, 5.74) is 0.201.